The molecule has 0 atom stereocenters. The Hall–Kier alpha value is -1.21. The number of esters is 1. The van der Waals surface area contributed by atoms with Crippen molar-refractivity contribution < 1.29 is 9.53 Å². The number of hydrogen-bond donors (Lipinski definition) is 2. The van der Waals surface area contributed by atoms with Crippen LogP contribution in [0.2, 0.25) is 0 Å². The average molecular weight is 259 g/mol. The molecule has 7 heteroatoms. The van der Waals surface area contributed by atoms with Crippen molar-refractivity contribution >= 4 is 39.8 Å². The number of hydrogen-bond acceptors (Lipinski definition) is 5. The highest BCUT2D eigenvalue weighted by molar-refractivity contribution is 7.80. The van der Waals surface area contributed by atoms with E-state index in [-0.39, 0.29) is 12.4 Å². The molecule has 0 amide bonds. The fraction of sp³-hybridized carbons (Fsp3) is 0.444. The van der Waals surface area contributed by atoms with Crippen LogP contribution in [0.15, 0.2) is 5.38 Å². The lowest BCUT2D eigenvalue weighted by Crippen LogP contribution is -2.24. The van der Waals surface area contributed by atoms with Crippen molar-refractivity contribution in [1.29, 1.82) is 0 Å². The van der Waals surface area contributed by atoms with Crippen molar-refractivity contribution in [3.05, 3.63) is 11.1 Å². The van der Waals surface area contributed by atoms with Gasteiger partial charge in [-0.1, -0.05) is 0 Å². The minimum Gasteiger partial charge on any atom is -0.466 e. The Morgan fingerprint density at radius 1 is 1.69 bits per heavy atom. The summed E-state index contributed by atoms with van der Waals surface area (Å²) in [6, 6.07) is 0. The van der Waals surface area contributed by atoms with Crippen molar-refractivity contribution in [2.45, 2.75) is 13.3 Å². The first kappa shape index (κ1) is 12.9. The number of rotatable bonds is 4. The van der Waals surface area contributed by atoms with Gasteiger partial charge in [0.25, 0.3) is 0 Å². The highest BCUT2D eigenvalue weighted by Gasteiger charge is 2.08. The third-order valence-corrected chi connectivity index (χ3v) is 2.74. The number of thiazole rings is 1. The van der Waals surface area contributed by atoms with Gasteiger partial charge in [0.05, 0.1) is 18.7 Å². The van der Waals surface area contributed by atoms with Gasteiger partial charge >= 0.3 is 5.97 Å². The smallest absolute Gasteiger partial charge is 0.311 e. The molecule has 0 spiro atoms. The van der Waals surface area contributed by atoms with Crippen LogP contribution in [0.1, 0.15) is 12.6 Å². The van der Waals surface area contributed by atoms with Crippen molar-refractivity contribution in [3.63, 3.8) is 0 Å². The van der Waals surface area contributed by atoms with E-state index in [1.165, 1.54) is 11.3 Å². The quantitative estimate of drug-likeness (QED) is 0.625. The molecule has 0 aliphatic carbocycles. The Labute approximate surface area is 103 Å². The van der Waals surface area contributed by atoms with Gasteiger partial charge in [0.2, 0.25) is 0 Å². The van der Waals surface area contributed by atoms with E-state index in [0.29, 0.717) is 22.5 Å². The number of ether oxygens (including phenoxy) is 1. The first-order chi connectivity index (χ1) is 7.65. The molecule has 2 N–H and O–H groups in total. The Kier molecular flexibility index (Phi) is 5.13. The topological polar surface area (TPSA) is 63.2 Å². The lowest BCUT2D eigenvalue weighted by molar-refractivity contribution is -0.142. The maximum atomic E-state index is 11.2. The SMILES string of the molecule is CCOC(=O)Cc1csc(NC(=S)NC)n1. The largest absolute Gasteiger partial charge is 0.466 e. The van der Waals surface area contributed by atoms with Gasteiger partial charge in [-0.3, -0.25) is 4.79 Å². The molecule has 1 aromatic rings. The number of nitrogens with one attached hydrogen (secondary N) is 2. The Bertz CT molecular complexity index is 379. The summed E-state index contributed by atoms with van der Waals surface area (Å²) in [5.74, 6) is -0.268. The van der Waals surface area contributed by atoms with Crippen molar-refractivity contribution in [1.82, 2.24) is 10.3 Å². The Morgan fingerprint density at radius 3 is 3.06 bits per heavy atom. The third kappa shape index (κ3) is 4.11. The van der Waals surface area contributed by atoms with E-state index < -0.39 is 0 Å². The third-order valence-electron chi connectivity index (χ3n) is 1.63. The van der Waals surface area contributed by atoms with Gasteiger partial charge in [0, 0.05) is 12.4 Å². The fourth-order valence-electron chi connectivity index (χ4n) is 0.965. The Morgan fingerprint density at radius 2 is 2.44 bits per heavy atom. The van der Waals surface area contributed by atoms with Gasteiger partial charge in [-0.2, -0.15) is 0 Å². The summed E-state index contributed by atoms with van der Waals surface area (Å²) in [5, 5.41) is 8.64. The van der Waals surface area contributed by atoms with Crippen LogP contribution in [-0.4, -0.2) is 29.7 Å². The van der Waals surface area contributed by atoms with E-state index in [1.807, 2.05) is 0 Å². The zero-order valence-electron chi connectivity index (χ0n) is 9.07. The second-order valence-corrected chi connectivity index (χ2v) is 4.10. The molecular weight excluding hydrogens is 246 g/mol. The lowest BCUT2D eigenvalue weighted by Gasteiger charge is -2.01. The number of anilines is 1. The second-order valence-electron chi connectivity index (χ2n) is 2.83. The fourth-order valence-corrected chi connectivity index (χ4v) is 1.84. The summed E-state index contributed by atoms with van der Waals surface area (Å²) in [6.07, 6.45) is 0.193. The van der Waals surface area contributed by atoms with Crippen LogP contribution in [0.4, 0.5) is 5.13 Å². The van der Waals surface area contributed by atoms with Crippen LogP contribution in [-0.2, 0) is 16.0 Å². The molecular formula is C9H13N3O2S2. The monoisotopic (exact) mass is 259 g/mol. The van der Waals surface area contributed by atoms with Gasteiger partial charge in [0.15, 0.2) is 10.2 Å². The molecule has 0 radical (unpaired) electrons. The number of carbonyl (C=O) groups is 1. The molecule has 1 rings (SSSR count). The zero-order valence-corrected chi connectivity index (χ0v) is 10.7. The summed E-state index contributed by atoms with van der Waals surface area (Å²) in [5.41, 5.74) is 0.685. The molecule has 1 heterocycles. The van der Waals surface area contributed by atoms with Gasteiger partial charge in [0.1, 0.15) is 0 Å². The number of carbonyl (C=O) groups excluding carboxylic acids is 1. The Balaban J connectivity index is 2.51. The summed E-state index contributed by atoms with van der Waals surface area (Å²) in [6.45, 7) is 2.16. The standard InChI is InChI=1S/C9H13N3O2S2/c1-3-14-7(13)4-6-5-16-9(11-6)12-8(15)10-2/h5H,3-4H2,1-2H3,(H2,10,11,12,15). The second kappa shape index (κ2) is 6.39. The van der Waals surface area contributed by atoms with E-state index in [1.54, 1.807) is 19.4 Å². The summed E-state index contributed by atoms with van der Waals surface area (Å²) >= 11 is 6.32. The predicted octanol–water partition coefficient (Wildman–Crippen LogP) is 1.16. The van der Waals surface area contributed by atoms with E-state index in [4.69, 9.17) is 17.0 Å². The van der Waals surface area contributed by atoms with E-state index in [0.717, 1.165) is 0 Å². The zero-order chi connectivity index (χ0) is 12.0. The molecule has 16 heavy (non-hydrogen) atoms. The number of thiocarbonyl (C=S) groups is 1. The van der Waals surface area contributed by atoms with Gasteiger partial charge in [-0.25, -0.2) is 4.98 Å². The van der Waals surface area contributed by atoms with Gasteiger partial charge in [-0.15, -0.1) is 11.3 Å². The number of aromatic nitrogens is 1. The molecule has 0 bridgehead atoms. The molecule has 0 fully saturated rings. The predicted molar refractivity (Wildman–Crippen MR) is 67.7 cm³/mol. The molecule has 0 saturated carbocycles. The molecule has 88 valence electrons. The summed E-state index contributed by atoms with van der Waals surface area (Å²) in [4.78, 5) is 15.4. The maximum absolute atomic E-state index is 11.2. The normalized spacial score (nSPS) is 9.62. The van der Waals surface area contributed by atoms with Crippen molar-refractivity contribution in [2.75, 3.05) is 19.0 Å². The average Bonchev–Trinajstić information content (AvgIpc) is 2.65. The van der Waals surface area contributed by atoms with E-state index in [2.05, 4.69) is 15.6 Å². The molecule has 0 aliphatic heterocycles. The highest BCUT2D eigenvalue weighted by atomic mass is 32.1. The van der Waals surface area contributed by atoms with Crippen LogP contribution in [0.5, 0.6) is 0 Å². The molecule has 0 unspecified atom stereocenters. The van der Waals surface area contributed by atoms with E-state index in [9.17, 15) is 4.79 Å². The van der Waals surface area contributed by atoms with E-state index >= 15 is 0 Å². The van der Waals surface area contributed by atoms with Crippen LogP contribution in [0.3, 0.4) is 0 Å². The van der Waals surface area contributed by atoms with Crippen molar-refractivity contribution in [3.8, 4) is 0 Å². The maximum Gasteiger partial charge on any atom is 0.311 e. The molecule has 5 nitrogen and oxygen atoms in total. The minimum absolute atomic E-state index is 0.193. The molecule has 0 saturated heterocycles. The molecule has 0 aromatic carbocycles. The van der Waals surface area contributed by atoms with Crippen LogP contribution in [0, 0.1) is 0 Å². The lowest BCUT2D eigenvalue weighted by atomic mass is 10.3. The summed E-state index contributed by atoms with van der Waals surface area (Å²) in [7, 11) is 1.72. The summed E-state index contributed by atoms with van der Waals surface area (Å²) < 4.78 is 4.82. The minimum atomic E-state index is -0.268. The highest BCUT2D eigenvalue weighted by Crippen LogP contribution is 2.15. The van der Waals surface area contributed by atoms with Crippen molar-refractivity contribution in [2.24, 2.45) is 0 Å². The van der Waals surface area contributed by atoms with Gasteiger partial charge < -0.3 is 15.4 Å². The first-order valence-corrected chi connectivity index (χ1v) is 6.03. The molecule has 1 aromatic heterocycles. The van der Waals surface area contributed by atoms with Crippen LogP contribution in [0.25, 0.3) is 0 Å². The van der Waals surface area contributed by atoms with Crippen LogP contribution < -0.4 is 10.6 Å². The van der Waals surface area contributed by atoms with Gasteiger partial charge in [-0.05, 0) is 19.1 Å². The number of nitrogens with zero attached hydrogens (tertiary/aromatic N) is 1. The van der Waals surface area contributed by atoms with Crippen LogP contribution >= 0.6 is 23.6 Å². The first-order valence-electron chi connectivity index (χ1n) is 4.74. The molecule has 0 aliphatic rings.